The first kappa shape index (κ1) is 19.2. The maximum absolute atomic E-state index is 5.95. The van der Waals surface area contributed by atoms with Crippen molar-refractivity contribution >= 4 is 17.4 Å². The number of nitrogen functional groups attached to an aromatic ring is 1. The Bertz CT molecular complexity index is 1200. The second kappa shape index (κ2) is 7.79. The Morgan fingerprint density at radius 1 is 1.00 bits per heavy atom. The zero-order valence-corrected chi connectivity index (χ0v) is 17.5. The number of nitrogens with two attached hydrogens (primary N) is 1. The zero-order chi connectivity index (χ0) is 21.4. The van der Waals surface area contributed by atoms with Gasteiger partial charge in [-0.1, -0.05) is 30.3 Å². The summed E-state index contributed by atoms with van der Waals surface area (Å²) >= 11 is 0. The lowest BCUT2D eigenvalue weighted by molar-refractivity contribution is 0.394. The summed E-state index contributed by atoms with van der Waals surface area (Å²) in [6, 6.07) is 16.4. The van der Waals surface area contributed by atoms with Gasteiger partial charge in [0.25, 0.3) is 0 Å². The van der Waals surface area contributed by atoms with Crippen molar-refractivity contribution < 1.29 is 9.47 Å². The Morgan fingerprint density at radius 3 is 2.45 bits per heavy atom. The summed E-state index contributed by atoms with van der Waals surface area (Å²) in [5.74, 6) is 2.38. The molecule has 2 aromatic carbocycles. The van der Waals surface area contributed by atoms with Crippen molar-refractivity contribution in [2.75, 3.05) is 31.4 Å². The minimum Gasteiger partial charge on any atom is -0.497 e. The molecular weight excluding hydrogens is 392 g/mol. The van der Waals surface area contributed by atoms with Gasteiger partial charge in [-0.2, -0.15) is 4.98 Å². The molecule has 2 N–H and O–H groups in total. The minimum absolute atomic E-state index is 0.221. The van der Waals surface area contributed by atoms with E-state index in [9.17, 15) is 0 Å². The Hall–Kier alpha value is -3.81. The molecule has 8 heteroatoms. The number of hydrogen-bond acceptors (Lipinski definition) is 7. The van der Waals surface area contributed by atoms with Crippen molar-refractivity contribution in [3.8, 4) is 22.8 Å². The normalized spacial score (nSPS) is 16.1. The van der Waals surface area contributed by atoms with Crippen LogP contribution in [0.5, 0.6) is 11.5 Å². The van der Waals surface area contributed by atoms with Crippen LogP contribution in [0.25, 0.3) is 16.9 Å². The van der Waals surface area contributed by atoms with Crippen LogP contribution in [0.15, 0.2) is 54.7 Å². The monoisotopic (exact) mass is 416 g/mol. The van der Waals surface area contributed by atoms with E-state index in [1.54, 1.807) is 18.7 Å². The van der Waals surface area contributed by atoms with Crippen LogP contribution < -0.4 is 20.1 Å². The van der Waals surface area contributed by atoms with E-state index in [1.807, 2.05) is 30.5 Å². The van der Waals surface area contributed by atoms with Gasteiger partial charge in [-0.3, -0.25) is 0 Å². The van der Waals surface area contributed by atoms with Gasteiger partial charge in [0.2, 0.25) is 5.95 Å². The molecule has 0 radical (unpaired) electrons. The van der Waals surface area contributed by atoms with E-state index >= 15 is 0 Å². The number of aromatic nitrogens is 4. The molecule has 1 saturated heterocycles. The molecule has 1 atom stereocenters. The second-order valence-corrected chi connectivity index (χ2v) is 7.55. The number of anilines is 2. The summed E-state index contributed by atoms with van der Waals surface area (Å²) in [4.78, 5) is 11.8. The van der Waals surface area contributed by atoms with Crippen molar-refractivity contribution in [1.29, 1.82) is 0 Å². The Balaban J connectivity index is 1.67. The van der Waals surface area contributed by atoms with Crippen molar-refractivity contribution in [1.82, 2.24) is 19.6 Å². The third kappa shape index (κ3) is 3.50. The lowest BCUT2D eigenvalue weighted by Gasteiger charge is -2.26. The van der Waals surface area contributed by atoms with Crippen molar-refractivity contribution in [3.05, 3.63) is 60.3 Å². The number of ether oxygens (including phenoxy) is 2. The number of methoxy groups -OCH3 is 2. The van der Waals surface area contributed by atoms with Crippen molar-refractivity contribution in [2.45, 2.75) is 18.9 Å². The minimum atomic E-state index is 0.221. The van der Waals surface area contributed by atoms with Gasteiger partial charge < -0.3 is 20.1 Å². The third-order valence-corrected chi connectivity index (χ3v) is 5.67. The van der Waals surface area contributed by atoms with Gasteiger partial charge in [0.15, 0.2) is 11.5 Å². The van der Waals surface area contributed by atoms with Gasteiger partial charge in [-0.25, -0.2) is 9.50 Å². The standard InChI is InChI=1S/C23H24N6O2/c1-30-17-11-16(12-18(13-17)31-2)19-14-29-22(26-23(24)27-29)21(25-19)28-10-6-9-20(28)15-7-4-3-5-8-15/h3-5,7-8,11-14,20H,6,9-10H2,1-2H3,(H2,24,27). The Kier molecular flexibility index (Phi) is 4.82. The van der Waals surface area contributed by atoms with E-state index in [1.165, 1.54) is 5.56 Å². The second-order valence-electron chi connectivity index (χ2n) is 7.55. The fourth-order valence-corrected chi connectivity index (χ4v) is 4.22. The molecule has 1 unspecified atom stereocenters. The molecular formula is C23H24N6O2. The molecule has 0 amide bonds. The zero-order valence-electron chi connectivity index (χ0n) is 17.5. The smallest absolute Gasteiger partial charge is 0.240 e. The summed E-state index contributed by atoms with van der Waals surface area (Å²) in [6.07, 6.45) is 3.97. The predicted octanol–water partition coefficient (Wildman–Crippen LogP) is 3.73. The van der Waals surface area contributed by atoms with Crippen molar-refractivity contribution in [3.63, 3.8) is 0 Å². The first-order chi connectivity index (χ1) is 15.2. The van der Waals surface area contributed by atoms with Crippen LogP contribution >= 0.6 is 0 Å². The highest BCUT2D eigenvalue weighted by molar-refractivity contribution is 5.72. The van der Waals surface area contributed by atoms with Crippen LogP contribution in [0, 0.1) is 0 Å². The van der Waals surface area contributed by atoms with Crippen LogP contribution in [0.2, 0.25) is 0 Å². The fraction of sp³-hybridized carbons (Fsp3) is 0.261. The fourth-order valence-electron chi connectivity index (χ4n) is 4.22. The molecule has 3 heterocycles. The molecule has 1 aliphatic heterocycles. The van der Waals surface area contributed by atoms with Gasteiger partial charge >= 0.3 is 0 Å². The molecule has 2 aromatic heterocycles. The summed E-state index contributed by atoms with van der Waals surface area (Å²) in [5.41, 5.74) is 9.47. The molecule has 4 aromatic rings. The lowest BCUT2D eigenvalue weighted by Crippen LogP contribution is -2.24. The van der Waals surface area contributed by atoms with E-state index in [-0.39, 0.29) is 12.0 Å². The largest absolute Gasteiger partial charge is 0.497 e. The van der Waals surface area contributed by atoms with Crippen LogP contribution in [-0.2, 0) is 0 Å². The van der Waals surface area contributed by atoms with Gasteiger partial charge in [-0.05, 0) is 30.5 Å². The molecule has 1 fully saturated rings. The molecule has 1 aliphatic rings. The topological polar surface area (TPSA) is 90.8 Å². The van der Waals surface area contributed by atoms with E-state index in [0.717, 1.165) is 36.5 Å². The van der Waals surface area contributed by atoms with Crippen LogP contribution in [0.3, 0.4) is 0 Å². The Labute approximate surface area is 180 Å². The molecule has 0 aliphatic carbocycles. The maximum Gasteiger partial charge on any atom is 0.240 e. The maximum atomic E-state index is 5.95. The Morgan fingerprint density at radius 2 is 1.74 bits per heavy atom. The average Bonchev–Trinajstić information content (AvgIpc) is 3.44. The summed E-state index contributed by atoms with van der Waals surface area (Å²) < 4.78 is 12.6. The summed E-state index contributed by atoms with van der Waals surface area (Å²) in [5, 5.41) is 4.37. The first-order valence-corrected chi connectivity index (χ1v) is 10.2. The SMILES string of the molecule is COc1cc(OC)cc(-c2cn3nc(N)nc3c(N3CCCC3c3ccccc3)n2)c1. The molecule has 5 rings (SSSR count). The molecule has 158 valence electrons. The van der Waals surface area contributed by atoms with Gasteiger partial charge in [-0.15, -0.1) is 5.10 Å². The van der Waals surface area contributed by atoms with Gasteiger partial charge in [0.05, 0.1) is 32.2 Å². The summed E-state index contributed by atoms with van der Waals surface area (Å²) in [7, 11) is 3.26. The molecule has 0 bridgehead atoms. The molecule has 31 heavy (non-hydrogen) atoms. The van der Waals surface area contributed by atoms with E-state index in [4.69, 9.17) is 20.2 Å². The number of hydrogen-bond donors (Lipinski definition) is 1. The van der Waals surface area contributed by atoms with E-state index < -0.39 is 0 Å². The molecule has 8 nitrogen and oxygen atoms in total. The number of nitrogens with zero attached hydrogens (tertiary/aromatic N) is 5. The predicted molar refractivity (Wildman–Crippen MR) is 119 cm³/mol. The van der Waals surface area contributed by atoms with Gasteiger partial charge in [0.1, 0.15) is 11.5 Å². The van der Waals surface area contributed by atoms with Gasteiger partial charge in [0, 0.05) is 18.2 Å². The highest BCUT2D eigenvalue weighted by Crippen LogP contribution is 2.38. The number of fused-ring (bicyclic) bond motifs is 1. The molecule has 0 spiro atoms. The average molecular weight is 416 g/mol. The van der Waals surface area contributed by atoms with Crippen LogP contribution in [-0.4, -0.2) is 40.3 Å². The van der Waals surface area contributed by atoms with Crippen molar-refractivity contribution in [2.24, 2.45) is 0 Å². The first-order valence-electron chi connectivity index (χ1n) is 10.2. The van der Waals surface area contributed by atoms with Crippen LogP contribution in [0.1, 0.15) is 24.4 Å². The van der Waals surface area contributed by atoms with Crippen LogP contribution in [0.4, 0.5) is 11.8 Å². The molecule has 0 saturated carbocycles. The highest BCUT2D eigenvalue weighted by atomic mass is 16.5. The third-order valence-electron chi connectivity index (χ3n) is 5.67. The van der Waals surface area contributed by atoms with E-state index in [0.29, 0.717) is 17.1 Å². The highest BCUT2D eigenvalue weighted by Gasteiger charge is 2.30. The lowest BCUT2D eigenvalue weighted by atomic mass is 10.0. The number of benzene rings is 2. The summed E-state index contributed by atoms with van der Waals surface area (Å²) in [6.45, 7) is 0.889. The quantitative estimate of drug-likeness (QED) is 0.530. The van der Waals surface area contributed by atoms with E-state index in [2.05, 4.69) is 39.2 Å². The number of rotatable bonds is 5.